The van der Waals surface area contributed by atoms with Gasteiger partial charge in [0.15, 0.2) is 11.6 Å². The number of aromatic nitrogens is 4. The first-order valence-corrected chi connectivity index (χ1v) is 8.10. The molecule has 0 unspecified atom stereocenters. The molecule has 0 saturated heterocycles. The molecule has 0 bridgehead atoms. The minimum absolute atomic E-state index is 0.282. The number of benzene rings is 1. The highest BCUT2D eigenvalue weighted by molar-refractivity contribution is 5.89. The summed E-state index contributed by atoms with van der Waals surface area (Å²) in [6.45, 7) is 1.41. The SMILES string of the molecule is CCc1nn(CC(=O)Nc2ncncc2F)c(=O)cc1-c1cccc(F)c1. The highest BCUT2D eigenvalue weighted by Crippen LogP contribution is 2.22. The van der Waals surface area contributed by atoms with Crippen LogP contribution in [0.25, 0.3) is 11.1 Å². The summed E-state index contributed by atoms with van der Waals surface area (Å²) < 4.78 is 28.0. The predicted octanol–water partition coefficient (Wildman–Crippen LogP) is 2.18. The molecule has 3 aromatic rings. The summed E-state index contributed by atoms with van der Waals surface area (Å²) >= 11 is 0. The van der Waals surface area contributed by atoms with Crippen LogP contribution >= 0.6 is 0 Å². The maximum Gasteiger partial charge on any atom is 0.267 e. The maximum atomic E-state index is 13.5. The third-order valence-electron chi connectivity index (χ3n) is 3.76. The number of halogens is 2. The summed E-state index contributed by atoms with van der Waals surface area (Å²) in [7, 11) is 0. The fraction of sp³-hybridized carbons (Fsp3) is 0.167. The van der Waals surface area contributed by atoms with E-state index in [4.69, 9.17) is 0 Å². The van der Waals surface area contributed by atoms with Gasteiger partial charge in [0.2, 0.25) is 5.91 Å². The van der Waals surface area contributed by atoms with E-state index in [-0.39, 0.29) is 5.82 Å². The molecule has 7 nitrogen and oxygen atoms in total. The van der Waals surface area contributed by atoms with E-state index >= 15 is 0 Å². The Morgan fingerprint density at radius 1 is 1.26 bits per heavy atom. The molecule has 0 aliphatic heterocycles. The van der Waals surface area contributed by atoms with Gasteiger partial charge in [-0.25, -0.2) is 23.4 Å². The normalized spacial score (nSPS) is 10.6. The van der Waals surface area contributed by atoms with E-state index in [0.29, 0.717) is 23.2 Å². The zero-order chi connectivity index (χ0) is 19.4. The van der Waals surface area contributed by atoms with Gasteiger partial charge in [-0.15, -0.1) is 0 Å². The first-order valence-electron chi connectivity index (χ1n) is 8.10. The second kappa shape index (κ2) is 7.81. The molecule has 0 radical (unpaired) electrons. The quantitative estimate of drug-likeness (QED) is 0.742. The average molecular weight is 371 g/mol. The molecule has 0 aliphatic rings. The maximum absolute atomic E-state index is 13.5. The Bertz CT molecular complexity index is 1050. The van der Waals surface area contributed by atoms with Crippen LogP contribution in [0.4, 0.5) is 14.6 Å². The number of rotatable bonds is 5. The topological polar surface area (TPSA) is 89.8 Å². The van der Waals surface area contributed by atoms with E-state index < -0.39 is 29.6 Å². The predicted molar refractivity (Wildman–Crippen MR) is 93.9 cm³/mol. The molecule has 0 saturated carbocycles. The van der Waals surface area contributed by atoms with Crippen LogP contribution in [0.2, 0.25) is 0 Å². The van der Waals surface area contributed by atoms with Gasteiger partial charge in [0.1, 0.15) is 18.7 Å². The Hall–Kier alpha value is -3.49. The summed E-state index contributed by atoms with van der Waals surface area (Å²) in [5.74, 6) is -2.16. The van der Waals surface area contributed by atoms with Crippen LogP contribution in [0, 0.1) is 11.6 Å². The highest BCUT2D eigenvalue weighted by atomic mass is 19.1. The largest absolute Gasteiger partial charge is 0.307 e. The van der Waals surface area contributed by atoms with Crippen LogP contribution in [0.3, 0.4) is 0 Å². The lowest BCUT2D eigenvalue weighted by atomic mass is 10.0. The lowest BCUT2D eigenvalue weighted by molar-refractivity contribution is -0.117. The van der Waals surface area contributed by atoms with E-state index in [0.717, 1.165) is 17.2 Å². The third-order valence-corrected chi connectivity index (χ3v) is 3.76. The van der Waals surface area contributed by atoms with Crippen molar-refractivity contribution in [3.05, 3.63) is 70.5 Å². The highest BCUT2D eigenvalue weighted by Gasteiger charge is 2.14. The number of hydrogen-bond acceptors (Lipinski definition) is 5. The number of anilines is 1. The molecule has 0 atom stereocenters. The molecule has 0 aliphatic carbocycles. The second-order valence-electron chi connectivity index (χ2n) is 5.63. The Balaban J connectivity index is 1.88. The number of nitrogens with one attached hydrogen (secondary N) is 1. The molecule has 2 aromatic heterocycles. The van der Waals surface area contributed by atoms with Crippen molar-refractivity contribution in [2.75, 3.05) is 5.32 Å². The molecule has 0 spiro atoms. The van der Waals surface area contributed by atoms with Crippen molar-refractivity contribution in [3.63, 3.8) is 0 Å². The lowest BCUT2D eigenvalue weighted by Gasteiger charge is -2.11. The molecule has 1 aromatic carbocycles. The monoisotopic (exact) mass is 371 g/mol. The van der Waals surface area contributed by atoms with Crippen LogP contribution in [0.5, 0.6) is 0 Å². The van der Waals surface area contributed by atoms with Crippen molar-refractivity contribution in [3.8, 4) is 11.1 Å². The molecular weight excluding hydrogens is 356 g/mol. The van der Waals surface area contributed by atoms with E-state index in [1.54, 1.807) is 12.1 Å². The van der Waals surface area contributed by atoms with Gasteiger partial charge >= 0.3 is 0 Å². The van der Waals surface area contributed by atoms with Crippen molar-refractivity contribution in [1.82, 2.24) is 19.7 Å². The van der Waals surface area contributed by atoms with E-state index in [1.165, 1.54) is 18.2 Å². The van der Waals surface area contributed by atoms with Crippen molar-refractivity contribution in [2.24, 2.45) is 0 Å². The van der Waals surface area contributed by atoms with Gasteiger partial charge in [-0.3, -0.25) is 9.59 Å². The van der Waals surface area contributed by atoms with Gasteiger partial charge in [-0.1, -0.05) is 19.1 Å². The standard InChI is InChI=1S/C18H15F2N5O2/c1-2-15-13(11-4-3-5-12(19)6-11)7-17(27)25(24-15)9-16(26)23-18-14(20)8-21-10-22-18/h3-8,10H,2,9H2,1H3,(H,21,22,23,26). The van der Waals surface area contributed by atoms with Crippen molar-refractivity contribution < 1.29 is 13.6 Å². The summed E-state index contributed by atoms with van der Waals surface area (Å²) in [5, 5.41) is 6.46. The second-order valence-corrected chi connectivity index (χ2v) is 5.63. The molecule has 27 heavy (non-hydrogen) atoms. The first kappa shape index (κ1) is 18.3. The first-order chi connectivity index (χ1) is 13.0. The fourth-order valence-corrected chi connectivity index (χ4v) is 2.52. The fourth-order valence-electron chi connectivity index (χ4n) is 2.52. The van der Waals surface area contributed by atoms with E-state index in [1.807, 2.05) is 6.92 Å². The zero-order valence-electron chi connectivity index (χ0n) is 14.3. The molecule has 138 valence electrons. The van der Waals surface area contributed by atoms with E-state index in [2.05, 4.69) is 20.4 Å². The lowest BCUT2D eigenvalue weighted by Crippen LogP contribution is -2.30. The summed E-state index contributed by atoms with van der Waals surface area (Å²) in [6, 6.07) is 7.14. The molecule has 1 N–H and O–H groups in total. The molecule has 0 fully saturated rings. The van der Waals surface area contributed by atoms with Crippen LogP contribution in [0.1, 0.15) is 12.6 Å². The number of amides is 1. The molecule has 3 rings (SSSR count). The van der Waals surface area contributed by atoms with Crippen molar-refractivity contribution in [1.29, 1.82) is 0 Å². The van der Waals surface area contributed by atoms with Crippen LogP contribution in [-0.4, -0.2) is 25.7 Å². The van der Waals surface area contributed by atoms with Gasteiger partial charge in [-0.2, -0.15) is 5.10 Å². The average Bonchev–Trinajstić information content (AvgIpc) is 2.65. The Morgan fingerprint density at radius 2 is 2.07 bits per heavy atom. The molecule has 9 heteroatoms. The van der Waals surface area contributed by atoms with Gasteiger partial charge in [-0.05, 0) is 24.1 Å². The van der Waals surface area contributed by atoms with Gasteiger partial charge in [0.05, 0.1) is 11.9 Å². The molecular formula is C18H15F2N5O2. The zero-order valence-corrected chi connectivity index (χ0v) is 14.3. The summed E-state index contributed by atoms with van der Waals surface area (Å²) in [5.41, 5.74) is 1.02. The summed E-state index contributed by atoms with van der Waals surface area (Å²) in [4.78, 5) is 31.5. The van der Waals surface area contributed by atoms with Gasteiger partial charge in [0, 0.05) is 11.6 Å². The third kappa shape index (κ3) is 4.20. The summed E-state index contributed by atoms with van der Waals surface area (Å²) in [6.07, 6.45) is 2.47. The number of aryl methyl sites for hydroxylation is 1. The molecule has 1 amide bonds. The van der Waals surface area contributed by atoms with Crippen LogP contribution in [0.15, 0.2) is 47.7 Å². The number of carbonyl (C=O) groups is 1. The smallest absolute Gasteiger partial charge is 0.267 e. The Morgan fingerprint density at radius 3 is 2.78 bits per heavy atom. The minimum Gasteiger partial charge on any atom is -0.307 e. The minimum atomic E-state index is -0.790. The Kier molecular flexibility index (Phi) is 5.30. The number of hydrogen-bond donors (Lipinski definition) is 1. The van der Waals surface area contributed by atoms with Gasteiger partial charge in [0.25, 0.3) is 5.56 Å². The Labute approximate surface area is 152 Å². The molecule has 2 heterocycles. The number of carbonyl (C=O) groups excluding carboxylic acids is 1. The van der Waals surface area contributed by atoms with Crippen LogP contribution in [-0.2, 0) is 17.8 Å². The van der Waals surface area contributed by atoms with E-state index in [9.17, 15) is 18.4 Å². The van der Waals surface area contributed by atoms with Crippen molar-refractivity contribution >= 4 is 11.7 Å². The van der Waals surface area contributed by atoms with Crippen molar-refractivity contribution in [2.45, 2.75) is 19.9 Å². The number of nitrogens with zero attached hydrogens (tertiary/aromatic N) is 4. The van der Waals surface area contributed by atoms with Crippen LogP contribution < -0.4 is 10.9 Å². The van der Waals surface area contributed by atoms with Gasteiger partial charge < -0.3 is 5.32 Å².